The van der Waals surface area contributed by atoms with Gasteiger partial charge in [-0.25, -0.2) is 38.4 Å². The molecule has 16 N–H and O–H groups in total. The van der Waals surface area contributed by atoms with E-state index < -0.39 is 57.4 Å². The minimum absolute atomic E-state index is 0.193. The third-order valence-corrected chi connectivity index (χ3v) is 14.8. The van der Waals surface area contributed by atoms with Gasteiger partial charge in [-0.15, -0.1) is 0 Å². The predicted octanol–water partition coefficient (Wildman–Crippen LogP) is 0.776. The van der Waals surface area contributed by atoms with E-state index in [1.165, 1.54) is 25.4 Å². The molecule has 14 rings (SSSR count). The lowest BCUT2D eigenvalue weighted by atomic mass is 9.76. The molecule has 72 heavy (non-hydrogen) atoms. The number of carbonyl (C=O) groups is 8. The molecule has 376 valence electrons. The molecule has 8 aliphatic heterocycles. The lowest BCUT2D eigenvalue weighted by molar-refractivity contribution is 0.145. The van der Waals surface area contributed by atoms with Crippen molar-refractivity contribution in [3.63, 3.8) is 0 Å². The molecular formula is C44H50N18O10. The Morgan fingerprint density at radius 2 is 0.681 bits per heavy atom. The van der Waals surface area contributed by atoms with Gasteiger partial charge in [-0.3, -0.25) is 9.97 Å². The Balaban J connectivity index is 0.000000106. The number of fused-ring (bicyclic) bond motifs is 5. The van der Waals surface area contributed by atoms with Crippen LogP contribution in [-0.2, 0) is 22.7 Å². The summed E-state index contributed by atoms with van der Waals surface area (Å²) in [5.41, 5.74) is -4.91. The molecule has 12 heterocycles. The standard InChI is InChI=1S/C14H10N6O2.C12H10N4O4.C12H20N4O2.C6H10N4O2/c21-11-17-13-7-3-1-5-15-9(7)10-8(4-2-6-16-10)14(13,19-11)20-12(22)18-13;17-9-13-11(7-3-1-5-19-7)12(15-9,16-10(18)14-11)8-4-2-6-20-8;17-9-13-11-7-5-3-1-2-4-6-8-12(11,15-9)16-10(18)14-11;1-5-6(2,9-3(11)7-5)10-4(12)8-5/h1-6H,(H2,17,19,21)(H2,18,20,22);1-6H,(H2,13,15,17)(H2,14,16,18);1-8H2,(H2,13,15,17)(H2,14,16,18);1-2H3,(H2,7,9,11)(H2,8,10,12). The first-order valence-electron chi connectivity index (χ1n) is 23.3. The van der Waals surface area contributed by atoms with Crippen molar-refractivity contribution >= 4 is 48.2 Å². The van der Waals surface area contributed by atoms with Gasteiger partial charge < -0.3 is 93.9 Å². The van der Waals surface area contributed by atoms with Crippen LogP contribution in [0, 0.1) is 0 Å². The second-order valence-electron chi connectivity index (χ2n) is 19.1. The maximum Gasteiger partial charge on any atom is 0.319 e. The van der Waals surface area contributed by atoms with E-state index in [1.54, 1.807) is 62.6 Å². The Morgan fingerprint density at radius 3 is 1.01 bits per heavy atom. The molecule has 4 aromatic rings. The molecule has 16 amide bonds. The van der Waals surface area contributed by atoms with E-state index in [0.29, 0.717) is 34.0 Å². The highest BCUT2D eigenvalue weighted by atomic mass is 16.3. The van der Waals surface area contributed by atoms with Crippen molar-refractivity contribution in [2.75, 3.05) is 0 Å². The molecule has 28 heteroatoms. The van der Waals surface area contributed by atoms with E-state index in [2.05, 4.69) is 95.0 Å². The lowest BCUT2D eigenvalue weighted by Gasteiger charge is -2.42. The smallest absolute Gasteiger partial charge is 0.319 e. The van der Waals surface area contributed by atoms with Crippen LogP contribution in [0.2, 0.25) is 0 Å². The van der Waals surface area contributed by atoms with Gasteiger partial charge >= 0.3 is 48.2 Å². The van der Waals surface area contributed by atoms with Crippen LogP contribution in [0.1, 0.15) is 87.9 Å². The molecule has 1 saturated carbocycles. The van der Waals surface area contributed by atoms with Crippen molar-refractivity contribution < 1.29 is 47.2 Å². The van der Waals surface area contributed by atoms with Gasteiger partial charge in [0.05, 0.1) is 23.9 Å². The first-order chi connectivity index (χ1) is 34.4. The third kappa shape index (κ3) is 6.49. The van der Waals surface area contributed by atoms with E-state index in [4.69, 9.17) is 8.83 Å². The van der Waals surface area contributed by atoms with Crippen LogP contribution < -0.4 is 85.1 Å². The molecule has 28 nitrogen and oxygen atoms in total. The van der Waals surface area contributed by atoms with Crippen LogP contribution in [0.3, 0.4) is 0 Å². The molecule has 0 atom stereocenters. The quantitative estimate of drug-likeness (QED) is 0.133. The first-order valence-corrected chi connectivity index (χ1v) is 23.3. The molecule has 0 bridgehead atoms. The van der Waals surface area contributed by atoms with E-state index >= 15 is 0 Å². The molecular weight excluding hydrogens is 941 g/mol. The van der Waals surface area contributed by atoms with Crippen molar-refractivity contribution in [1.29, 1.82) is 0 Å². The number of hydrogen-bond acceptors (Lipinski definition) is 12. The van der Waals surface area contributed by atoms with Crippen molar-refractivity contribution in [2.24, 2.45) is 0 Å². The summed E-state index contributed by atoms with van der Waals surface area (Å²) in [7, 11) is 0. The highest BCUT2D eigenvalue weighted by Gasteiger charge is 2.71. The summed E-state index contributed by atoms with van der Waals surface area (Å²) in [5.74, 6) is 0.760. The number of furan rings is 2. The Labute approximate surface area is 407 Å². The molecule has 0 aromatic carbocycles. The second-order valence-corrected chi connectivity index (χ2v) is 19.1. The van der Waals surface area contributed by atoms with E-state index in [0.717, 1.165) is 38.5 Å². The number of hydrogen-bond donors (Lipinski definition) is 16. The molecule has 4 aromatic heterocycles. The van der Waals surface area contributed by atoms with Gasteiger partial charge in [0.2, 0.25) is 11.3 Å². The maximum atomic E-state index is 12.1. The zero-order valence-electron chi connectivity index (χ0n) is 38.6. The third-order valence-electron chi connectivity index (χ3n) is 14.8. The number of rotatable bonds is 2. The molecule has 10 aliphatic rings. The summed E-state index contributed by atoms with van der Waals surface area (Å²) in [6.45, 7) is 3.48. The number of amides is 16. The SMILES string of the molecule is CC12NC(=O)NC1(C)NC(=O)N2.O=C1NC2(c3ccco3)NC(=O)NC2(c2ccco2)N1.O=C1NC23CCCCCCCCC2(N1)NC(=O)N3.O=C1NC23NC(=O)NC2(N1)c1cccnc1-c1ncccc13. The van der Waals surface area contributed by atoms with Gasteiger partial charge in [0, 0.05) is 23.5 Å². The Bertz CT molecular complexity index is 2680. The second kappa shape index (κ2) is 15.8. The van der Waals surface area contributed by atoms with Crippen LogP contribution in [0.15, 0.2) is 82.3 Å². The van der Waals surface area contributed by atoms with Gasteiger partial charge in [-0.2, -0.15) is 0 Å². The molecule has 0 radical (unpaired) electrons. The molecule has 2 aliphatic carbocycles. The van der Waals surface area contributed by atoms with E-state index in [1.807, 2.05) is 12.1 Å². The zero-order chi connectivity index (χ0) is 50.4. The molecule has 9 fully saturated rings. The summed E-state index contributed by atoms with van der Waals surface area (Å²) in [6.07, 6.45) is 14.7. The minimum atomic E-state index is -1.29. The highest BCUT2D eigenvalue weighted by molar-refractivity contribution is 5.93. The van der Waals surface area contributed by atoms with Crippen LogP contribution in [0.25, 0.3) is 11.4 Å². The average Bonchev–Trinajstić information content (AvgIpc) is 4.19. The summed E-state index contributed by atoms with van der Waals surface area (Å²) >= 11 is 0. The number of pyridine rings is 2. The summed E-state index contributed by atoms with van der Waals surface area (Å²) in [4.78, 5) is 102. The largest absolute Gasteiger partial charge is 0.465 e. The normalized spacial score (nSPS) is 35.1. The monoisotopic (exact) mass is 990 g/mol. The first kappa shape index (κ1) is 45.5. The van der Waals surface area contributed by atoms with E-state index in [9.17, 15) is 38.4 Å². The molecule has 0 spiro atoms. The van der Waals surface area contributed by atoms with Gasteiger partial charge in [0.25, 0.3) is 0 Å². The van der Waals surface area contributed by atoms with Crippen molar-refractivity contribution in [3.05, 3.63) is 96.1 Å². The maximum absolute atomic E-state index is 12.1. The van der Waals surface area contributed by atoms with Crippen LogP contribution in [0.5, 0.6) is 0 Å². The van der Waals surface area contributed by atoms with Gasteiger partial charge in [-0.05, 0) is 75.9 Å². The van der Waals surface area contributed by atoms with Crippen LogP contribution in [-0.4, -0.2) is 80.9 Å². The Hall–Kier alpha value is -8.98. The number of urea groups is 8. The number of nitrogens with zero attached hydrogens (tertiary/aromatic N) is 2. The van der Waals surface area contributed by atoms with Crippen LogP contribution in [0.4, 0.5) is 38.4 Å². The van der Waals surface area contributed by atoms with Crippen molar-refractivity contribution in [2.45, 2.75) is 111 Å². The summed E-state index contributed by atoms with van der Waals surface area (Å²) in [6, 6.07) is 11.2. The number of carbonyl (C=O) groups excluding carboxylic acids is 8. The van der Waals surface area contributed by atoms with Gasteiger partial charge in [0.15, 0.2) is 45.5 Å². The van der Waals surface area contributed by atoms with Crippen molar-refractivity contribution in [3.8, 4) is 11.4 Å². The summed E-state index contributed by atoms with van der Waals surface area (Å²) in [5, 5.41) is 44.3. The molecule has 0 unspecified atom stereocenters. The summed E-state index contributed by atoms with van der Waals surface area (Å²) < 4.78 is 10.8. The Morgan fingerprint density at radius 1 is 0.375 bits per heavy atom. The number of nitrogens with one attached hydrogen (secondary N) is 16. The fraction of sp³-hybridized carbons (Fsp3) is 0.409. The topological polar surface area (TPSA) is 381 Å². The molecule has 8 saturated heterocycles. The van der Waals surface area contributed by atoms with Gasteiger partial charge in [0.1, 0.15) is 0 Å². The lowest BCUT2D eigenvalue weighted by Crippen LogP contribution is -2.65. The minimum Gasteiger partial charge on any atom is -0.465 e. The zero-order valence-corrected chi connectivity index (χ0v) is 38.6. The number of aromatic nitrogens is 2. The average molecular weight is 991 g/mol. The fourth-order valence-electron chi connectivity index (χ4n) is 11.5. The highest BCUT2D eigenvalue weighted by Crippen LogP contribution is 2.51. The van der Waals surface area contributed by atoms with Crippen LogP contribution >= 0.6 is 0 Å². The predicted molar refractivity (Wildman–Crippen MR) is 244 cm³/mol. The van der Waals surface area contributed by atoms with E-state index in [-0.39, 0.29) is 36.2 Å². The van der Waals surface area contributed by atoms with Gasteiger partial charge in [-0.1, -0.05) is 37.8 Å². The van der Waals surface area contributed by atoms with Crippen molar-refractivity contribution in [1.82, 2.24) is 95.0 Å². The fourth-order valence-corrected chi connectivity index (χ4v) is 11.5. The Kier molecular flexibility index (Phi) is 9.96.